The van der Waals surface area contributed by atoms with Crippen molar-refractivity contribution in [1.82, 2.24) is 0 Å². The van der Waals surface area contributed by atoms with Crippen molar-refractivity contribution in [2.45, 2.75) is 0 Å². The second kappa shape index (κ2) is 5.19. The predicted molar refractivity (Wildman–Crippen MR) is 69.6 cm³/mol. The van der Waals surface area contributed by atoms with Crippen molar-refractivity contribution in [3.05, 3.63) is 65.7 Å². The molecule has 2 N–H and O–H groups in total. The van der Waals surface area contributed by atoms with Crippen LogP contribution in [0, 0.1) is 0 Å². The summed E-state index contributed by atoms with van der Waals surface area (Å²) in [5.74, 6) is -0.539. The number of hydrogen-bond acceptors (Lipinski definition) is 3. The highest BCUT2D eigenvalue weighted by atomic mass is 16.3. The van der Waals surface area contributed by atoms with Gasteiger partial charge in [0.2, 0.25) is 0 Å². The van der Waals surface area contributed by atoms with E-state index in [0.29, 0.717) is 0 Å². The summed E-state index contributed by atoms with van der Waals surface area (Å²) in [7, 11) is 0. The van der Waals surface area contributed by atoms with Gasteiger partial charge in [-0.3, -0.25) is 4.79 Å². The Morgan fingerprint density at radius 2 is 1.56 bits per heavy atom. The zero-order valence-corrected chi connectivity index (χ0v) is 9.58. The average molecular weight is 240 g/mol. The van der Waals surface area contributed by atoms with Gasteiger partial charge in [-0.15, -0.1) is 0 Å². The molecule has 3 heteroatoms. The van der Waals surface area contributed by atoms with Crippen LogP contribution in [0.1, 0.15) is 15.9 Å². The summed E-state index contributed by atoms with van der Waals surface area (Å²) in [6.07, 6.45) is 3.09. The second-order valence-corrected chi connectivity index (χ2v) is 3.85. The number of ketones is 1. The lowest BCUT2D eigenvalue weighted by Crippen LogP contribution is -1.93. The fraction of sp³-hybridized carbons (Fsp3) is 0. The molecule has 0 saturated heterocycles. The molecule has 0 heterocycles. The third kappa shape index (κ3) is 2.98. The molecule has 0 aliphatic carbocycles. The molecule has 0 bridgehead atoms. The topological polar surface area (TPSA) is 57.5 Å². The van der Waals surface area contributed by atoms with Crippen LogP contribution in [0.5, 0.6) is 11.5 Å². The summed E-state index contributed by atoms with van der Waals surface area (Å²) in [6, 6.07) is 13.2. The molecule has 0 saturated carbocycles. The maximum Gasteiger partial charge on any atom is 0.186 e. The van der Waals surface area contributed by atoms with Crippen molar-refractivity contribution in [3.63, 3.8) is 0 Å². The van der Waals surface area contributed by atoms with Crippen LogP contribution in [0.4, 0.5) is 0 Å². The van der Waals surface area contributed by atoms with Crippen LogP contribution < -0.4 is 0 Å². The molecule has 0 amide bonds. The molecule has 2 aromatic rings. The van der Waals surface area contributed by atoms with E-state index in [1.807, 2.05) is 30.3 Å². The highest BCUT2D eigenvalue weighted by Crippen LogP contribution is 2.21. The normalized spacial score (nSPS) is 10.7. The Morgan fingerprint density at radius 3 is 2.17 bits per heavy atom. The van der Waals surface area contributed by atoms with Crippen LogP contribution in [0.3, 0.4) is 0 Å². The second-order valence-electron chi connectivity index (χ2n) is 3.85. The average Bonchev–Trinajstić information content (AvgIpc) is 2.36. The van der Waals surface area contributed by atoms with E-state index in [1.165, 1.54) is 24.3 Å². The number of hydrogen-bond donors (Lipinski definition) is 2. The summed E-state index contributed by atoms with van der Waals surface area (Å²) in [6.45, 7) is 0. The number of allylic oxidation sites excluding steroid dienone is 1. The lowest BCUT2D eigenvalue weighted by molar-refractivity contribution is 0.104. The highest BCUT2D eigenvalue weighted by Gasteiger charge is 2.05. The van der Waals surface area contributed by atoms with Gasteiger partial charge >= 0.3 is 0 Å². The van der Waals surface area contributed by atoms with E-state index in [1.54, 1.807) is 6.08 Å². The fourth-order valence-electron chi connectivity index (χ4n) is 1.57. The van der Waals surface area contributed by atoms with Crippen molar-refractivity contribution < 1.29 is 15.0 Å². The lowest BCUT2D eigenvalue weighted by atomic mass is 10.1. The Bertz CT molecular complexity index is 566. The molecule has 0 atom stereocenters. The Hall–Kier alpha value is -2.55. The van der Waals surface area contributed by atoms with Crippen molar-refractivity contribution in [2.24, 2.45) is 0 Å². The first-order chi connectivity index (χ1) is 8.65. The van der Waals surface area contributed by atoms with E-state index < -0.39 is 0 Å². The van der Waals surface area contributed by atoms with Crippen LogP contribution in [0.15, 0.2) is 54.6 Å². The summed E-state index contributed by atoms with van der Waals surface area (Å²) in [5.41, 5.74) is 1.16. The van der Waals surface area contributed by atoms with Crippen LogP contribution in [-0.4, -0.2) is 16.0 Å². The third-order valence-corrected chi connectivity index (χ3v) is 2.41. The highest BCUT2D eigenvalue weighted by molar-refractivity contribution is 6.07. The van der Waals surface area contributed by atoms with Gasteiger partial charge in [0.05, 0.1) is 0 Å². The quantitative estimate of drug-likeness (QED) is 0.640. The summed E-state index contributed by atoms with van der Waals surface area (Å²) in [4.78, 5) is 11.8. The molecule has 2 aromatic carbocycles. The fourth-order valence-corrected chi connectivity index (χ4v) is 1.57. The first-order valence-corrected chi connectivity index (χ1v) is 5.45. The number of benzene rings is 2. The number of phenols is 2. The van der Waals surface area contributed by atoms with Crippen molar-refractivity contribution >= 4 is 11.9 Å². The maximum atomic E-state index is 11.8. The minimum absolute atomic E-state index is 0.133. The van der Waals surface area contributed by atoms with Gasteiger partial charge in [-0.1, -0.05) is 36.4 Å². The molecule has 0 aliphatic heterocycles. The van der Waals surface area contributed by atoms with E-state index in [0.717, 1.165) is 5.56 Å². The van der Waals surface area contributed by atoms with Gasteiger partial charge in [0, 0.05) is 11.6 Å². The zero-order valence-electron chi connectivity index (χ0n) is 9.58. The largest absolute Gasteiger partial charge is 0.508 e. The molecular weight excluding hydrogens is 228 g/mol. The Labute approximate surface area is 105 Å². The van der Waals surface area contributed by atoms with Gasteiger partial charge in [-0.2, -0.15) is 0 Å². The first-order valence-electron chi connectivity index (χ1n) is 5.45. The monoisotopic (exact) mass is 240 g/mol. The zero-order chi connectivity index (χ0) is 13.0. The van der Waals surface area contributed by atoms with Gasteiger partial charge in [-0.25, -0.2) is 0 Å². The predicted octanol–water partition coefficient (Wildman–Crippen LogP) is 2.99. The van der Waals surface area contributed by atoms with E-state index in [2.05, 4.69) is 0 Å². The molecular formula is C15H12O3. The number of rotatable bonds is 3. The van der Waals surface area contributed by atoms with Crippen molar-refractivity contribution in [1.29, 1.82) is 0 Å². The van der Waals surface area contributed by atoms with Gasteiger partial charge in [0.15, 0.2) is 5.78 Å². The van der Waals surface area contributed by atoms with Crippen molar-refractivity contribution in [3.8, 4) is 11.5 Å². The van der Waals surface area contributed by atoms with E-state index in [4.69, 9.17) is 0 Å². The molecule has 0 unspecified atom stereocenters. The molecule has 0 aromatic heterocycles. The maximum absolute atomic E-state index is 11.8. The van der Waals surface area contributed by atoms with Crippen LogP contribution >= 0.6 is 0 Å². The molecule has 2 rings (SSSR count). The number of carbonyl (C=O) groups is 1. The number of carbonyl (C=O) groups excluding carboxylic acids is 1. The van der Waals surface area contributed by atoms with Gasteiger partial charge < -0.3 is 10.2 Å². The lowest BCUT2D eigenvalue weighted by Gasteiger charge is -1.99. The van der Waals surface area contributed by atoms with Crippen LogP contribution in [-0.2, 0) is 0 Å². The number of phenolic OH excluding ortho intramolecular Hbond substituents is 2. The third-order valence-electron chi connectivity index (χ3n) is 2.41. The summed E-state index contributed by atoms with van der Waals surface area (Å²) < 4.78 is 0. The van der Waals surface area contributed by atoms with E-state index in [9.17, 15) is 15.0 Å². The van der Waals surface area contributed by atoms with Crippen LogP contribution in [0.25, 0.3) is 6.08 Å². The molecule has 18 heavy (non-hydrogen) atoms. The van der Waals surface area contributed by atoms with Gasteiger partial charge in [0.1, 0.15) is 11.5 Å². The molecule has 0 spiro atoms. The molecule has 3 nitrogen and oxygen atoms in total. The number of aromatic hydroxyl groups is 2. The molecule has 90 valence electrons. The first kappa shape index (κ1) is 11.9. The summed E-state index contributed by atoms with van der Waals surface area (Å²) >= 11 is 0. The molecule has 0 aliphatic rings. The molecule has 0 fully saturated rings. The Kier molecular flexibility index (Phi) is 3.44. The van der Waals surface area contributed by atoms with E-state index >= 15 is 0 Å². The SMILES string of the molecule is O=C(C=Cc1ccccc1)c1cc(O)cc(O)c1. The van der Waals surface area contributed by atoms with Crippen molar-refractivity contribution in [2.75, 3.05) is 0 Å². The summed E-state index contributed by atoms with van der Waals surface area (Å²) in [5, 5.41) is 18.6. The van der Waals surface area contributed by atoms with Gasteiger partial charge in [-0.05, 0) is 23.8 Å². The van der Waals surface area contributed by atoms with Crippen LogP contribution in [0.2, 0.25) is 0 Å². The minimum atomic E-state index is -0.273. The minimum Gasteiger partial charge on any atom is -0.508 e. The molecule has 0 radical (unpaired) electrons. The standard InChI is InChI=1S/C15H12O3/c16-13-8-12(9-14(17)10-13)15(18)7-6-11-4-2-1-3-5-11/h1-10,16-17H. The van der Waals surface area contributed by atoms with Gasteiger partial charge in [0.25, 0.3) is 0 Å². The Morgan fingerprint density at radius 1 is 0.944 bits per heavy atom. The smallest absolute Gasteiger partial charge is 0.186 e. The van der Waals surface area contributed by atoms with E-state index in [-0.39, 0.29) is 22.8 Å². The Balaban J connectivity index is 2.20.